The second-order valence-electron chi connectivity index (χ2n) is 13.1. The molecule has 6 heterocycles. The van der Waals surface area contributed by atoms with Crippen LogP contribution in [0.25, 0.3) is 0 Å². The van der Waals surface area contributed by atoms with Gasteiger partial charge in [-0.05, 0) is 74.8 Å². The van der Waals surface area contributed by atoms with Crippen LogP contribution in [0.15, 0.2) is 66.7 Å². The van der Waals surface area contributed by atoms with Crippen LogP contribution in [0.1, 0.15) is 41.5 Å². The topological polar surface area (TPSA) is 45.8 Å². The van der Waals surface area contributed by atoms with Crippen molar-refractivity contribution in [1.82, 2.24) is 14.7 Å². The van der Waals surface area contributed by atoms with Gasteiger partial charge in [0.1, 0.15) is 0 Å². The number of likely N-dealkylation sites (tertiary alicyclic amines) is 3. The summed E-state index contributed by atoms with van der Waals surface area (Å²) < 4.78 is 0. The highest BCUT2D eigenvalue weighted by atomic mass is 15.4. The maximum Gasteiger partial charge on any atom is 0.0933 e. The Morgan fingerprint density at radius 1 is 0.538 bits per heavy atom. The molecule has 3 aromatic carbocycles. The lowest BCUT2D eigenvalue weighted by Gasteiger charge is -2.48. The lowest BCUT2D eigenvalue weighted by atomic mass is 9.54. The predicted molar refractivity (Wildman–Crippen MR) is 157 cm³/mol. The molecule has 0 radical (unpaired) electrons. The van der Waals surface area contributed by atoms with E-state index in [4.69, 9.17) is 0 Å². The van der Waals surface area contributed by atoms with Gasteiger partial charge in [-0.15, -0.1) is 0 Å². The molecule has 0 aliphatic carbocycles. The van der Waals surface area contributed by atoms with Gasteiger partial charge in [-0.25, -0.2) is 0 Å². The molecular weight excluding hydrogens is 480 g/mol. The van der Waals surface area contributed by atoms with E-state index in [1.165, 1.54) is 46.6 Å². The first-order valence-corrected chi connectivity index (χ1v) is 14.8. The van der Waals surface area contributed by atoms with Crippen LogP contribution in [0.4, 0.5) is 17.1 Å². The number of nitrogens with zero attached hydrogens (tertiary/aromatic N) is 3. The summed E-state index contributed by atoms with van der Waals surface area (Å²) in [5.74, 6) is 0. The Bertz CT molecular complexity index is 1520. The van der Waals surface area contributed by atoms with Gasteiger partial charge in [0.25, 0.3) is 0 Å². The van der Waals surface area contributed by atoms with Crippen molar-refractivity contribution in [2.24, 2.45) is 0 Å². The monoisotopic (exact) mass is 518 g/mol. The molecule has 0 amide bonds. The van der Waals surface area contributed by atoms with Gasteiger partial charge in [-0.3, -0.25) is 14.7 Å². The van der Waals surface area contributed by atoms with Gasteiger partial charge < -0.3 is 16.0 Å². The van der Waals surface area contributed by atoms with Gasteiger partial charge >= 0.3 is 0 Å². The lowest BCUT2D eigenvalue weighted by molar-refractivity contribution is 0.147. The van der Waals surface area contributed by atoms with Crippen molar-refractivity contribution in [3.63, 3.8) is 0 Å². The molecule has 6 aliphatic heterocycles. The first-order chi connectivity index (χ1) is 19.0. The van der Waals surface area contributed by atoms with Gasteiger partial charge in [0.05, 0.1) is 23.9 Å². The third-order valence-electron chi connectivity index (χ3n) is 11.8. The molecular formula is C33H38N6. The summed E-state index contributed by atoms with van der Waals surface area (Å²) in [6.45, 7) is 3.33. The number of rotatable bonds is 2. The molecule has 6 unspecified atom stereocenters. The van der Waals surface area contributed by atoms with Crippen molar-refractivity contribution < 1.29 is 0 Å². The Hall–Kier alpha value is -3.06. The highest BCUT2D eigenvalue weighted by Gasteiger charge is 2.71. The number of anilines is 3. The van der Waals surface area contributed by atoms with Crippen molar-refractivity contribution in [2.75, 3.05) is 56.7 Å². The van der Waals surface area contributed by atoms with Gasteiger partial charge in [-0.2, -0.15) is 0 Å². The third kappa shape index (κ3) is 2.39. The van der Waals surface area contributed by atoms with Gasteiger partial charge in [-0.1, -0.05) is 54.6 Å². The van der Waals surface area contributed by atoms with Gasteiger partial charge in [0.2, 0.25) is 0 Å². The normalized spacial score (nSPS) is 37.9. The van der Waals surface area contributed by atoms with Crippen LogP contribution in [0, 0.1) is 0 Å². The molecule has 6 atom stereocenters. The molecule has 0 saturated carbocycles. The Morgan fingerprint density at radius 2 is 1.05 bits per heavy atom. The zero-order chi connectivity index (χ0) is 26.1. The largest absolute Gasteiger partial charge is 0.369 e. The molecule has 39 heavy (non-hydrogen) atoms. The number of hydrogen-bond donors (Lipinski definition) is 3. The quantitative estimate of drug-likeness (QED) is 0.467. The van der Waals surface area contributed by atoms with Crippen LogP contribution >= 0.6 is 0 Å². The van der Waals surface area contributed by atoms with Crippen LogP contribution in [-0.4, -0.2) is 74.0 Å². The Kier molecular flexibility index (Phi) is 4.29. The van der Waals surface area contributed by atoms with E-state index in [1.807, 2.05) is 0 Å². The highest BCUT2D eigenvalue weighted by Crippen LogP contribution is 2.67. The minimum atomic E-state index is -0.0581. The van der Waals surface area contributed by atoms with Crippen LogP contribution in [0.3, 0.4) is 0 Å². The average molecular weight is 519 g/mol. The maximum absolute atomic E-state index is 4.25. The molecule has 3 fully saturated rings. The van der Waals surface area contributed by atoms with E-state index in [9.17, 15) is 0 Å². The molecule has 6 heteroatoms. The van der Waals surface area contributed by atoms with Crippen molar-refractivity contribution >= 4 is 17.1 Å². The summed E-state index contributed by atoms with van der Waals surface area (Å²) in [5, 5.41) is 12.2. The van der Waals surface area contributed by atoms with E-state index in [-0.39, 0.29) is 28.6 Å². The molecule has 6 aliphatic rings. The maximum atomic E-state index is 4.25. The van der Waals surface area contributed by atoms with E-state index < -0.39 is 0 Å². The number of likely N-dealkylation sites (N-methyl/N-ethyl adjacent to an activating group) is 3. The van der Waals surface area contributed by atoms with Crippen molar-refractivity contribution in [3.05, 3.63) is 89.0 Å². The molecule has 0 spiro atoms. The van der Waals surface area contributed by atoms with E-state index in [1.54, 1.807) is 5.56 Å². The van der Waals surface area contributed by atoms with Crippen LogP contribution in [0.5, 0.6) is 0 Å². The summed E-state index contributed by atoms with van der Waals surface area (Å²) in [6.07, 6.45) is 4.32. The second kappa shape index (κ2) is 7.36. The first-order valence-electron chi connectivity index (χ1n) is 14.8. The number of para-hydroxylation sites is 3. The highest BCUT2D eigenvalue weighted by molar-refractivity contribution is 5.78. The van der Waals surface area contributed by atoms with Crippen molar-refractivity contribution in [2.45, 2.75) is 54.0 Å². The summed E-state index contributed by atoms with van der Waals surface area (Å²) in [4.78, 5) is 7.70. The van der Waals surface area contributed by atoms with Crippen molar-refractivity contribution in [3.8, 4) is 0 Å². The third-order valence-corrected chi connectivity index (χ3v) is 11.8. The smallest absolute Gasteiger partial charge is 0.0933 e. The molecule has 9 rings (SSSR count). The number of hydrogen-bond acceptors (Lipinski definition) is 6. The second-order valence-corrected chi connectivity index (χ2v) is 13.1. The molecule has 6 nitrogen and oxygen atoms in total. The summed E-state index contributed by atoms with van der Waals surface area (Å²) in [5.41, 5.74) is 9.96. The van der Waals surface area contributed by atoms with Gasteiger partial charge in [0.15, 0.2) is 0 Å². The standard InChI is InChI=1S/C33H38N6/c1-37-18-15-31(21-9-4-6-13-25(21)34-28(31)37)23-11-8-12-24-27(23)36-30-33(24,17-20-39(30)3)32-16-19-38(2)29(32)35-26-14-7-5-10-22(26)32/h4-14,28-30,34-36H,15-20H2,1-3H3. The molecule has 3 saturated heterocycles. The Morgan fingerprint density at radius 3 is 1.82 bits per heavy atom. The zero-order valence-electron chi connectivity index (χ0n) is 23.2. The molecule has 3 aromatic rings. The summed E-state index contributed by atoms with van der Waals surface area (Å²) in [7, 11) is 6.93. The molecule has 3 N–H and O–H groups in total. The molecule has 0 aromatic heterocycles. The van der Waals surface area contributed by atoms with E-state index in [0.717, 1.165) is 26.1 Å². The minimum Gasteiger partial charge on any atom is -0.369 e. The zero-order valence-corrected chi connectivity index (χ0v) is 23.2. The average Bonchev–Trinajstić information content (AvgIpc) is 3.76. The van der Waals surface area contributed by atoms with Gasteiger partial charge in [0, 0.05) is 47.5 Å². The Balaban J connectivity index is 1.31. The van der Waals surface area contributed by atoms with E-state index in [0.29, 0.717) is 6.17 Å². The first kappa shape index (κ1) is 22.7. The fourth-order valence-corrected chi connectivity index (χ4v) is 10.3. The number of fused-ring (bicyclic) bond motifs is 10. The van der Waals surface area contributed by atoms with E-state index in [2.05, 4.69) is 119 Å². The number of benzene rings is 3. The van der Waals surface area contributed by atoms with Crippen LogP contribution < -0.4 is 16.0 Å². The molecule has 0 bridgehead atoms. The van der Waals surface area contributed by atoms with E-state index >= 15 is 0 Å². The fourth-order valence-electron chi connectivity index (χ4n) is 10.3. The number of nitrogens with one attached hydrogen (secondary N) is 3. The SMILES string of the molecule is CN1CCC2(c3cccc4c3NC3N(C)CCC43C34CCN(C)C3Nc3ccccc34)c3ccccc3NC12. The summed E-state index contributed by atoms with van der Waals surface area (Å²) >= 11 is 0. The predicted octanol–water partition coefficient (Wildman–Crippen LogP) is 4.41. The molecule has 200 valence electrons. The fraction of sp³-hybridized carbons (Fsp3) is 0.455. The van der Waals surface area contributed by atoms with Crippen molar-refractivity contribution in [1.29, 1.82) is 0 Å². The van der Waals surface area contributed by atoms with Crippen LogP contribution in [0.2, 0.25) is 0 Å². The lowest BCUT2D eigenvalue weighted by Crippen LogP contribution is -2.60. The van der Waals surface area contributed by atoms with Crippen LogP contribution in [-0.2, 0) is 16.2 Å². The minimum absolute atomic E-state index is 0.00961. The Labute approximate surface area is 231 Å². The summed E-state index contributed by atoms with van der Waals surface area (Å²) in [6, 6.07) is 25.5.